The molecule has 0 radical (unpaired) electrons. The summed E-state index contributed by atoms with van der Waals surface area (Å²) in [5.41, 5.74) is 0. The molecule has 1 amide bonds. The number of hydrogen-bond donors (Lipinski definition) is 3. The van der Waals surface area contributed by atoms with Crippen LogP contribution in [0.15, 0.2) is 97.2 Å². The SMILES string of the molecule is CC/C=C\C/C=C\C/C=C\C/C=C\C/C=C\C/C=C\C/C=C\CCCCCCCC(=O)NC(COP(=O)(O)OCC[N+](C)(C)C)C(O)/C=C/CCCCCCCCCCCCCCCCCCCCCCCCCCCCC. The summed E-state index contributed by atoms with van der Waals surface area (Å²) < 4.78 is 23.8. The van der Waals surface area contributed by atoms with Crippen molar-refractivity contribution >= 4 is 13.7 Å². The molecule has 0 spiro atoms. The van der Waals surface area contributed by atoms with Gasteiger partial charge in [0.25, 0.3) is 0 Å². The van der Waals surface area contributed by atoms with Gasteiger partial charge in [0.05, 0.1) is 39.9 Å². The molecule has 0 saturated heterocycles. The number of likely N-dealkylation sites (N-methyl/N-ethyl adjacent to an activating group) is 1. The first-order chi connectivity index (χ1) is 38.0. The molecule has 0 bridgehead atoms. The Balaban J connectivity index is 4.20. The number of amides is 1. The van der Waals surface area contributed by atoms with E-state index in [2.05, 4.69) is 104 Å². The average Bonchev–Trinajstić information content (AvgIpc) is 3.41. The molecule has 3 atom stereocenters. The number of nitrogens with one attached hydrogen (secondary N) is 1. The van der Waals surface area contributed by atoms with Crippen molar-refractivity contribution in [3.8, 4) is 0 Å². The molecular weight excluding hydrogens is 984 g/mol. The molecule has 8 nitrogen and oxygen atoms in total. The van der Waals surface area contributed by atoms with Crippen molar-refractivity contribution in [2.75, 3.05) is 40.9 Å². The number of nitrogens with zero attached hydrogens (tertiary/aromatic N) is 1. The fraction of sp³-hybridized carbons (Fsp3) is 0.754. The number of quaternary nitrogens is 1. The Hall–Kier alpha value is -2.58. The largest absolute Gasteiger partial charge is 0.472 e. The Morgan fingerprint density at radius 3 is 1.13 bits per heavy atom. The monoisotopic (exact) mass is 1110 g/mol. The third-order valence-electron chi connectivity index (χ3n) is 14.3. The van der Waals surface area contributed by atoms with E-state index in [9.17, 15) is 19.4 Å². The van der Waals surface area contributed by atoms with Gasteiger partial charge in [-0.3, -0.25) is 13.8 Å². The van der Waals surface area contributed by atoms with Crippen LogP contribution >= 0.6 is 7.82 Å². The standard InChI is InChI=1S/C69H125N2O6P/c1-6-8-10-12-14-16-18-20-22-24-26-28-30-32-34-35-37-38-40-42-44-46-48-50-52-54-56-58-60-62-68(72)67(66-77-78(74,75)76-65-64-71(3,4)5)70-69(73)63-61-59-57-55-53-51-49-47-45-43-41-39-36-33-31-29-27-25-23-21-19-17-15-13-11-9-7-2/h9,11,15,17,21,23,27,29,33,36,41,43,47,49,60,62,67-68,72H,6-8,10,12-14,16,18-20,22,24-26,28,30-32,34-35,37-40,42,44-46,48,50-59,61,63-66H2,1-5H3,(H-,70,73,74,75)/p+1/b11-9-,17-15-,23-21-,29-27-,36-33-,43-41-,49-47-,62-60+. The smallest absolute Gasteiger partial charge is 0.387 e. The van der Waals surface area contributed by atoms with Gasteiger partial charge >= 0.3 is 7.82 Å². The topological polar surface area (TPSA) is 105 Å². The second-order valence-electron chi connectivity index (χ2n) is 23.1. The fourth-order valence-electron chi connectivity index (χ4n) is 9.26. The summed E-state index contributed by atoms with van der Waals surface area (Å²) in [5.74, 6) is -0.197. The van der Waals surface area contributed by atoms with Gasteiger partial charge in [0.15, 0.2) is 0 Å². The van der Waals surface area contributed by atoms with Gasteiger partial charge in [-0.25, -0.2) is 4.57 Å². The maximum absolute atomic E-state index is 13.0. The van der Waals surface area contributed by atoms with Crippen molar-refractivity contribution in [3.63, 3.8) is 0 Å². The maximum atomic E-state index is 13.0. The van der Waals surface area contributed by atoms with E-state index < -0.39 is 20.0 Å². The van der Waals surface area contributed by atoms with E-state index in [1.807, 2.05) is 27.2 Å². The van der Waals surface area contributed by atoms with Crippen molar-refractivity contribution in [3.05, 3.63) is 97.2 Å². The summed E-state index contributed by atoms with van der Waals surface area (Å²) in [4.78, 5) is 23.4. The van der Waals surface area contributed by atoms with Gasteiger partial charge in [-0.05, 0) is 77.0 Å². The number of phosphoric acid groups is 1. The zero-order chi connectivity index (χ0) is 57.0. The van der Waals surface area contributed by atoms with E-state index in [1.54, 1.807) is 6.08 Å². The molecule has 452 valence electrons. The molecule has 0 saturated carbocycles. The predicted molar refractivity (Wildman–Crippen MR) is 341 cm³/mol. The molecule has 0 aromatic rings. The minimum Gasteiger partial charge on any atom is -0.387 e. The number of carbonyl (C=O) groups excluding carboxylic acids is 1. The Morgan fingerprint density at radius 1 is 0.449 bits per heavy atom. The Labute approximate surface area is 483 Å². The lowest BCUT2D eigenvalue weighted by Gasteiger charge is -2.25. The molecule has 3 unspecified atom stereocenters. The van der Waals surface area contributed by atoms with Crippen LogP contribution < -0.4 is 5.32 Å². The first-order valence-electron chi connectivity index (χ1n) is 32.6. The van der Waals surface area contributed by atoms with Crippen LogP contribution in [-0.4, -0.2) is 73.4 Å². The van der Waals surface area contributed by atoms with Gasteiger partial charge in [-0.15, -0.1) is 0 Å². The van der Waals surface area contributed by atoms with Crippen LogP contribution in [0.2, 0.25) is 0 Å². The van der Waals surface area contributed by atoms with Crippen LogP contribution in [0, 0.1) is 0 Å². The molecule has 9 heteroatoms. The van der Waals surface area contributed by atoms with Crippen LogP contribution in [0.1, 0.15) is 284 Å². The number of aliphatic hydroxyl groups is 1. The molecule has 78 heavy (non-hydrogen) atoms. The van der Waals surface area contributed by atoms with E-state index in [0.717, 1.165) is 103 Å². The molecule has 0 aliphatic heterocycles. The fourth-order valence-corrected chi connectivity index (χ4v) is 10.00. The molecule has 3 N–H and O–H groups in total. The number of rotatable bonds is 59. The van der Waals surface area contributed by atoms with Crippen molar-refractivity contribution in [2.24, 2.45) is 0 Å². The summed E-state index contributed by atoms with van der Waals surface area (Å²) in [6.07, 6.45) is 85.3. The average molecular weight is 1110 g/mol. The van der Waals surface area contributed by atoms with Crippen LogP contribution in [0.3, 0.4) is 0 Å². The minimum atomic E-state index is -4.37. The van der Waals surface area contributed by atoms with E-state index in [0.29, 0.717) is 17.4 Å². The summed E-state index contributed by atoms with van der Waals surface area (Å²) >= 11 is 0. The van der Waals surface area contributed by atoms with Crippen LogP contribution in [0.25, 0.3) is 0 Å². The minimum absolute atomic E-state index is 0.0526. The summed E-state index contributed by atoms with van der Waals surface area (Å²) in [6.45, 7) is 4.71. The summed E-state index contributed by atoms with van der Waals surface area (Å²) in [6, 6.07) is -0.866. The van der Waals surface area contributed by atoms with Crippen molar-refractivity contribution in [1.29, 1.82) is 0 Å². The normalized spacial score (nSPS) is 14.4. The highest BCUT2D eigenvalue weighted by Gasteiger charge is 2.27. The quantitative estimate of drug-likeness (QED) is 0.0243. The highest BCUT2D eigenvalue weighted by Crippen LogP contribution is 2.43. The maximum Gasteiger partial charge on any atom is 0.472 e. The van der Waals surface area contributed by atoms with Gasteiger partial charge in [0.2, 0.25) is 5.91 Å². The van der Waals surface area contributed by atoms with Gasteiger partial charge < -0.3 is 19.8 Å². The molecule has 0 aliphatic carbocycles. The number of aliphatic hydroxyl groups excluding tert-OH is 1. The van der Waals surface area contributed by atoms with E-state index >= 15 is 0 Å². The third kappa shape index (κ3) is 61.0. The first-order valence-corrected chi connectivity index (χ1v) is 34.1. The predicted octanol–water partition coefficient (Wildman–Crippen LogP) is 20.5. The number of hydrogen-bond acceptors (Lipinski definition) is 5. The Bertz CT molecular complexity index is 1590. The lowest BCUT2D eigenvalue weighted by molar-refractivity contribution is -0.870. The van der Waals surface area contributed by atoms with Gasteiger partial charge in [-0.2, -0.15) is 0 Å². The molecular formula is C69H126N2O6P+. The number of carbonyl (C=O) groups is 1. The highest BCUT2D eigenvalue weighted by molar-refractivity contribution is 7.47. The van der Waals surface area contributed by atoms with Gasteiger partial charge in [0, 0.05) is 6.42 Å². The molecule has 0 aromatic carbocycles. The van der Waals surface area contributed by atoms with Crippen LogP contribution in [0.4, 0.5) is 0 Å². The molecule has 0 heterocycles. The molecule has 0 aromatic heterocycles. The number of phosphoric ester groups is 1. The Morgan fingerprint density at radius 2 is 0.769 bits per heavy atom. The summed E-state index contributed by atoms with van der Waals surface area (Å²) in [7, 11) is 1.55. The van der Waals surface area contributed by atoms with Crippen LogP contribution in [-0.2, 0) is 18.4 Å². The number of unbranched alkanes of at least 4 members (excludes halogenated alkanes) is 32. The van der Waals surface area contributed by atoms with Gasteiger partial charge in [0.1, 0.15) is 13.2 Å². The molecule has 0 aliphatic rings. The third-order valence-corrected chi connectivity index (χ3v) is 15.3. The number of allylic oxidation sites excluding steroid dienone is 15. The molecule has 0 rings (SSSR count). The van der Waals surface area contributed by atoms with Crippen LogP contribution in [0.5, 0.6) is 0 Å². The lowest BCUT2D eigenvalue weighted by atomic mass is 10.0. The lowest BCUT2D eigenvalue weighted by Crippen LogP contribution is -2.45. The molecule has 0 fully saturated rings. The van der Waals surface area contributed by atoms with Crippen molar-refractivity contribution in [1.82, 2.24) is 5.32 Å². The van der Waals surface area contributed by atoms with E-state index in [-0.39, 0.29) is 19.1 Å². The van der Waals surface area contributed by atoms with Gasteiger partial charge in [-0.1, -0.05) is 297 Å². The van der Waals surface area contributed by atoms with Crippen molar-refractivity contribution in [2.45, 2.75) is 296 Å². The highest BCUT2D eigenvalue weighted by atomic mass is 31.2. The Kier molecular flexibility index (Phi) is 57.1. The second-order valence-corrected chi connectivity index (χ2v) is 24.6. The van der Waals surface area contributed by atoms with Crippen molar-refractivity contribution < 1.29 is 32.9 Å². The zero-order valence-corrected chi connectivity index (χ0v) is 52.5. The van der Waals surface area contributed by atoms with E-state index in [1.165, 1.54) is 161 Å². The zero-order valence-electron chi connectivity index (χ0n) is 51.6. The first kappa shape index (κ1) is 75.4. The summed E-state index contributed by atoms with van der Waals surface area (Å²) in [5, 5.41) is 14.0. The van der Waals surface area contributed by atoms with E-state index in [4.69, 9.17) is 9.05 Å². The second kappa shape index (κ2) is 59.1.